The maximum atomic E-state index is 11.7. The summed E-state index contributed by atoms with van der Waals surface area (Å²) in [4.78, 5) is 24.8. The zero-order valence-electron chi connectivity index (χ0n) is 10.5. The van der Waals surface area contributed by atoms with Crippen molar-refractivity contribution < 1.29 is 9.59 Å². The molecule has 1 unspecified atom stereocenters. The van der Waals surface area contributed by atoms with E-state index in [2.05, 4.69) is 5.32 Å². The van der Waals surface area contributed by atoms with Crippen LogP contribution in [-0.2, 0) is 9.59 Å². The summed E-state index contributed by atoms with van der Waals surface area (Å²) in [5.74, 6) is -0.593. The lowest BCUT2D eigenvalue weighted by Gasteiger charge is -2.23. The van der Waals surface area contributed by atoms with E-state index in [0.29, 0.717) is 6.54 Å². The van der Waals surface area contributed by atoms with E-state index in [4.69, 9.17) is 5.26 Å². The van der Waals surface area contributed by atoms with Gasteiger partial charge in [-0.25, -0.2) is 0 Å². The summed E-state index contributed by atoms with van der Waals surface area (Å²) in [5.41, 5.74) is -1.11. The van der Waals surface area contributed by atoms with E-state index in [1.54, 1.807) is 14.0 Å². The lowest BCUT2D eigenvalue weighted by molar-refractivity contribution is -0.136. The van der Waals surface area contributed by atoms with Crippen LogP contribution in [-0.4, -0.2) is 36.3 Å². The molecule has 1 atom stereocenters. The molecule has 0 saturated carbocycles. The minimum atomic E-state index is -1.11. The lowest BCUT2D eigenvalue weighted by atomic mass is 9.94. The Hall–Kier alpha value is -1.57. The summed E-state index contributed by atoms with van der Waals surface area (Å²) < 4.78 is 0. The number of rotatable bonds is 4. The first-order chi connectivity index (χ1) is 7.26. The lowest BCUT2D eigenvalue weighted by Crippen LogP contribution is -2.49. The summed E-state index contributed by atoms with van der Waals surface area (Å²) in [6, 6.07) is 1.29. The summed E-state index contributed by atoms with van der Waals surface area (Å²) in [6.45, 7) is 7.08. The van der Waals surface area contributed by atoms with Gasteiger partial charge in [0.2, 0.25) is 11.8 Å². The van der Waals surface area contributed by atoms with Crippen molar-refractivity contribution in [3.63, 3.8) is 0 Å². The van der Waals surface area contributed by atoms with Gasteiger partial charge in [-0.3, -0.25) is 9.59 Å². The van der Waals surface area contributed by atoms with Gasteiger partial charge < -0.3 is 10.2 Å². The van der Waals surface area contributed by atoms with Crippen molar-refractivity contribution in [1.82, 2.24) is 10.2 Å². The van der Waals surface area contributed by atoms with Crippen molar-refractivity contribution in [2.24, 2.45) is 5.41 Å². The third-order valence-corrected chi connectivity index (χ3v) is 2.42. The van der Waals surface area contributed by atoms with Crippen molar-refractivity contribution in [3.05, 3.63) is 0 Å². The molecular formula is C11H19N3O2. The predicted molar refractivity (Wildman–Crippen MR) is 60.3 cm³/mol. The number of amides is 2. The van der Waals surface area contributed by atoms with Gasteiger partial charge in [0.25, 0.3) is 0 Å². The molecule has 0 aromatic heterocycles. The van der Waals surface area contributed by atoms with Gasteiger partial charge in [0.1, 0.15) is 11.5 Å². The Morgan fingerprint density at radius 2 is 2.00 bits per heavy atom. The summed E-state index contributed by atoms with van der Waals surface area (Å²) in [6.07, 6.45) is 0. The van der Waals surface area contributed by atoms with E-state index in [-0.39, 0.29) is 5.91 Å². The zero-order chi connectivity index (χ0) is 12.9. The highest BCUT2D eigenvalue weighted by Gasteiger charge is 2.30. The third kappa shape index (κ3) is 3.54. The molecule has 0 aliphatic heterocycles. The largest absolute Gasteiger partial charge is 0.344 e. The molecule has 0 heterocycles. The molecule has 0 bridgehead atoms. The molecule has 0 spiro atoms. The van der Waals surface area contributed by atoms with Gasteiger partial charge in [-0.05, 0) is 27.7 Å². The fourth-order valence-corrected chi connectivity index (χ4v) is 0.976. The van der Waals surface area contributed by atoms with Gasteiger partial charge in [0.15, 0.2) is 0 Å². The fourth-order valence-electron chi connectivity index (χ4n) is 0.976. The number of hydrogen-bond donors (Lipinski definition) is 1. The molecule has 90 valence electrons. The number of carbonyl (C=O) groups excluding carboxylic acids is 2. The van der Waals surface area contributed by atoms with Gasteiger partial charge in [-0.1, -0.05) is 0 Å². The maximum Gasteiger partial charge on any atom is 0.244 e. The van der Waals surface area contributed by atoms with Crippen molar-refractivity contribution in [3.8, 4) is 6.07 Å². The normalized spacial score (nSPS) is 12.5. The first-order valence-electron chi connectivity index (χ1n) is 5.23. The van der Waals surface area contributed by atoms with E-state index in [1.807, 2.05) is 13.0 Å². The van der Waals surface area contributed by atoms with E-state index in [1.165, 1.54) is 18.7 Å². The molecule has 0 aromatic rings. The van der Waals surface area contributed by atoms with Crippen LogP contribution in [0, 0.1) is 16.7 Å². The fraction of sp³-hybridized carbons (Fsp3) is 0.727. The Morgan fingerprint density at radius 3 is 2.38 bits per heavy atom. The van der Waals surface area contributed by atoms with Crippen LogP contribution >= 0.6 is 0 Å². The second-order valence-corrected chi connectivity index (χ2v) is 4.28. The van der Waals surface area contributed by atoms with Crippen LogP contribution in [0.25, 0.3) is 0 Å². The van der Waals surface area contributed by atoms with E-state index in [9.17, 15) is 9.59 Å². The van der Waals surface area contributed by atoms with E-state index >= 15 is 0 Å². The molecule has 0 aromatic carbocycles. The molecule has 0 aliphatic carbocycles. The van der Waals surface area contributed by atoms with Gasteiger partial charge in [-0.2, -0.15) is 5.26 Å². The highest BCUT2D eigenvalue weighted by atomic mass is 16.2. The minimum absolute atomic E-state index is 0.162. The van der Waals surface area contributed by atoms with Crippen LogP contribution in [0.2, 0.25) is 0 Å². The highest BCUT2D eigenvalue weighted by molar-refractivity contribution is 5.90. The molecule has 0 saturated heterocycles. The topological polar surface area (TPSA) is 73.2 Å². The Bertz CT molecular complexity index is 318. The van der Waals surface area contributed by atoms with E-state index in [0.717, 1.165) is 0 Å². The van der Waals surface area contributed by atoms with E-state index < -0.39 is 17.4 Å². The van der Waals surface area contributed by atoms with Crippen LogP contribution in [0.3, 0.4) is 0 Å². The van der Waals surface area contributed by atoms with Crippen LogP contribution in [0.4, 0.5) is 0 Å². The average Bonchev–Trinajstić information content (AvgIpc) is 2.26. The monoisotopic (exact) mass is 225 g/mol. The molecule has 0 aliphatic rings. The Morgan fingerprint density at radius 1 is 1.50 bits per heavy atom. The number of nitriles is 1. The number of nitrogens with zero attached hydrogens (tertiary/aromatic N) is 2. The van der Waals surface area contributed by atoms with Crippen molar-refractivity contribution >= 4 is 11.8 Å². The molecule has 16 heavy (non-hydrogen) atoms. The van der Waals surface area contributed by atoms with Crippen molar-refractivity contribution in [1.29, 1.82) is 5.26 Å². The molecule has 0 rings (SSSR count). The predicted octanol–water partition coefficient (Wildman–Crippen LogP) is 0.519. The first kappa shape index (κ1) is 14.4. The number of hydrogen-bond acceptors (Lipinski definition) is 3. The third-order valence-electron chi connectivity index (χ3n) is 2.42. The molecule has 0 fully saturated rings. The summed E-state index contributed by atoms with van der Waals surface area (Å²) >= 11 is 0. The average molecular weight is 225 g/mol. The second-order valence-electron chi connectivity index (χ2n) is 4.28. The second kappa shape index (κ2) is 5.50. The van der Waals surface area contributed by atoms with Gasteiger partial charge in [-0.15, -0.1) is 0 Å². The first-order valence-corrected chi connectivity index (χ1v) is 5.23. The van der Waals surface area contributed by atoms with Gasteiger partial charge >= 0.3 is 0 Å². The summed E-state index contributed by atoms with van der Waals surface area (Å²) in [5, 5.41) is 11.3. The Labute approximate surface area is 96.4 Å². The molecular weight excluding hydrogens is 206 g/mol. The number of nitrogens with one attached hydrogen (secondary N) is 1. The Kier molecular flexibility index (Phi) is 4.96. The Balaban J connectivity index is 4.48. The standard InChI is InChI=1S/C11H19N3O2/c1-6-14(5)9(15)8(2)13-10(16)11(3,4)7-12/h8H,6H2,1-5H3,(H,13,16). The smallest absolute Gasteiger partial charge is 0.244 e. The molecule has 5 heteroatoms. The van der Waals surface area contributed by atoms with Crippen LogP contribution in [0.5, 0.6) is 0 Å². The maximum absolute atomic E-state index is 11.7. The van der Waals surface area contributed by atoms with Crippen molar-refractivity contribution in [2.75, 3.05) is 13.6 Å². The van der Waals surface area contributed by atoms with Crippen LogP contribution < -0.4 is 5.32 Å². The molecule has 5 nitrogen and oxygen atoms in total. The highest BCUT2D eigenvalue weighted by Crippen LogP contribution is 2.13. The molecule has 1 N–H and O–H groups in total. The zero-order valence-corrected chi connectivity index (χ0v) is 10.5. The quantitative estimate of drug-likeness (QED) is 0.758. The number of likely N-dealkylation sites (N-methyl/N-ethyl adjacent to an activating group) is 1. The molecule has 2 amide bonds. The van der Waals surface area contributed by atoms with Gasteiger partial charge in [0.05, 0.1) is 6.07 Å². The summed E-state index contributed by atoms with van der Waals surface area (Å²) in [7, 11) is 1.67. The minimum Gasteiger partial charge on any atom is -0.344 e. The number of carbonyl (C=O) groups is 2. The molecule has 0 radical (unpaired) electrons. The SMILES string of the molecule is CCN(C)C(=O)C(C)NC(=O)C(C)(C)C#N. The van der Waals surface area contributed by atoms with Crippen LogP contribution in [0.15, 0.2) is 0 Å². The van der Waals surface area contributed by atoms with Gasteiger partial charge in [0, 0.05) is 13.6 Å². The van der Waals surface area contributed by atoms with Crippen molar-refractivity contribution in [2.45, 2.75) is 33.7 Å². The van der Waals surface area contributed by atoms with Crippen LogP contribution in [0.1, 0.15) is 27.7 Å².